The first-order valence-corrected chi connectivity index (χ1v) is 5.97. The van der Waals surface area contributed by atoms with Crippen molar-refractivity contribution in [2.45, 2.75) is 30.1 Å². The maximum absolute atomic E-state index is 11.5. The van der Waals surface area contributed by atoms with E-state index in [1.807, 2.05) is 26.0 Å². The van der Waals surface area contributed by atoms with Crippen LogP contribution in [0, 0.1) is 0 Å². The van der Waals surface area contributed by atoms with E-state index in [4.69, 9.17) is 5.73 Å². The largest absolute Gasteiger partial charge is 0.384 e. The van der Waals surface area contributed by atoms with Crippen LogP contribution in [-0.2, 0) is 0 Å². The Hall–Kier alpha value is -1.76. The van der Waals surface area contributed by atoms with Crippen molar-refractivity contribution in [3.63, 3.8) is 0 Å². The molecular weight excluding hydrogens is 238 g/mol. The van der Waals surface area contributed by atoms with E-state index in [9.17, 15) is 4.79 Å². The average molecular weight is 251 g/mol. The fourth-order valence-electron chi connectivity index (χ4n) is 1.40. The third-order valence-corrected chi connectivity index (χ3v) is 3.04. The number of nitrogens with two attached hydrogens (primary N) is 1. The van der Waals surface area contributed by atoms with Gasteiger partial charge in [0.2, 0.25) is 0 Å². The molecule has 2 heterocycles. The van der Waals surface area contributed by atoms with Crippen molar-refractivity contribution in [1.82, 2.24) is 19.7 Å². The smallest absolute Gasteiger partial charge is 0.344 e. The van der Waals surface area contributed by atoms with Gasteiger partial charge in [0.1, 0.15) is 10.8 Å². The van der Waals surface area contributed by atoms with E-state index in [-0.39, 0.29) is 11.7 Å². The third-order valence-electron chi connectivity index (χ3n) is 2.13. The summed E-state index contributed by atoms with van der Waals surface area (Å²) in [4.78, 5) is 15.7. The first-order chi connectivity index (χ1) is 8.08. The Morgan fingerprint density at radius 1 is 1.47 bits per heavy atom. The SMILES string of the molecule is CC(C)n1c(Sc2cccc(N)n2)n[nH]c1=O. The molecule has 0 bridgehead atoms. The van der Waals surface area contributed by atoms with E-state index < -0.39 is 0 Å². The zero-order valence-electron chi connectivity index (χ0n) is 9.54. The number of hydrogen-bond donors (Lipinski definition) is 2. The third kappa shape index (κ3) is 2.50. The number of aromatic nitrogens is 4. The normalized spacial score (nSPS) is 11.0. The number of nitrogens with one attached hydrogen (secondary N) is 1. The Kier molecular flexibility index (Phi) is 3.19. The minimum atomic E-state index is -0.216. The van der Waals surface area contributed by atoms with Crippen molar-refractivity contribution in [1.29, 1.82) is 0 Å². The lowest BCUT2D eigenvalue weighted by molar-refractivity contribution is 0.534. The number of pyridine rings is 1. The van der Waals surface area contributed by atoms with Gasteiger partial charge < -0.3 is 5.73 Å². The van der Waals surface area contributed by atoms with E-state index in [1.165, 1.54) is 11.8 Å². The monoisotopic (exact) mass is 251 g/mol. The van der Waals surface area contributed by atoms with Crippen LogP contribution < -0.4 is 11.4 Å². The summed E-state index contributed by atoms with van der Waals surface area (Å²) in [6.07, 6.45) is 0. The quantitative estimate of drug-likeness (QED) is 0.857. The summed E-state index contributed by atoms with van der Waals surface area (Å²) < 4.78 is 1.58. The van der Waals surface area contributed by atoms with Gasteiger partial charge in [-0.1, -0.05) is 6.07 Å². The van der Waals surface area contributed by atoms with Gasteiger partial charge in [-0.25, -0.2) is 14.9 Å². The van der Waals surface area contributed by atoms with Crippen molar-refractivity contribution in [2.24, 2.45) is 0 Å². The van der Waals surface area contributed by atoms with Gasteiger partial charge in [0.15, 0.2) is 5.16 Å². The summed E-state index contributed by atoms with van der Waals surface area (Å²) in [5.41, 5.74) is 5.38. The molecule has 6 nitrogen and oxygen atoms in total. The van der Waals surface area contributed by atoms with Crippen LogP contribution in [0.5, 0.6) is 0 Å². The predicted molar refractivity (Wildman–Crippen MR) is 66.0 cm³/mol. The first kappa shape index (κ1) is 11.7. The van der Waals surface area contributed by atoms with Crippen molar-refractivity contribution >= 4 is 17.6 Å². The highest BCUT2D eigenvalue weighted by molar-refractivity contribution is 7.99. The van der Waals surface area contributed by atoms with Crippen molar-refractivity contribution in [3.05, 3.63) is 28.7 Å². The fourth-order valence-corrected chi connectivity index (χ4v) is 2.37. The van der Waals surface area contributed by atoms with Crippen LogP contribution in [-0.4, -0.2) is 19.7 Å². The molecule has 90 valence electrons. The molecule has 0 amide bonds. The molecular formula is C10H13N5OS. The van der Waals surface area contributed by atoms with Gasteiger partial charge in [0.05, 0.1) is 0 Å². The second-order valence-corrected chi connectivity index (χ2v) is 4.77. The number of rotatable bonds is 3. The van der Waals surface area contributed by atoms with Gasteiger partial charge in [-0.3, -0.25) is 4.57 Å². The highest BCUT2D eigenvalue weighted by Gasteiger charge is 2.13. The first-order valence-electron chi connectivity index (χ1n) is 5.15. The molecule has 0 aliphatic heterocycles. The molecule has 0 radical (unpaired) electrons. The molecule has 0 unspecified atom stereocenters. The summed E-state index contributed by atoms with van der Waals surface area (Å²) in [5, 5.41) is 7.70. The van der Waals surface area contributed by atoms with E-state index in [0.717, 1.165) is 0 Å². The van der Waals surface area contributed by atoms with E-state index >= 15 is 0 Å². The zero-order chi connectivity index (χ0) is 12.4. The lowest BCUT2D eigenvalue weighted by Gasteiger charge is -2.07. The highest BCUT2D eigenvalue weighted by atomic mass is 32.2. The van der Waals surface area contributed by atoms with Crippen LogP contribution in [0.15, 0.2) is 33.2 Å². The van der Waals surface area contributed by atoms with Crippen LogP contribution in [0.3, 0.4) is 0 Å². The Morgan fingerprint density at radius 3 is 2.88 bits per heavy atom. The number of aromatic amines is 1. The minimum absolute atomic E-state index is 0.0461. The summed E-state index contributed by atoms with van der Waals surface area (Å²) in [6, 6.07) is 5.40. The average Bonchev–Trinajstić information content (AvgIpc) is 2.59. The minimum Gasteiger partial charge on any atom is -0.384 e. The van der Waals surface area contributed by atoms with E-state index in [2.05, 4.69) is 15.2 Å². The van der Waals surface area contributed by atoms with Gasteiger partial charge in [0.25, 0.3) is 0 Å². The summed E-state index contributed by atoms with van der Waals surface area (Å²) in [6.45, 7) is 3.85. The number of hydrogen-bond acceptors (Lipinski definition) is 5. The maximum atomic E-state index is 11.5. The molecule has 0 aliphatic carbocycles. The van der Waals surface area contributed by atoms with Crippen molar-refractivity contribution < 1.29 is 0 Å². The van der Waals surface area contributed by atoms with Gasteiger partial charge in [-0.2, -0.15) is 0 Å². The Labute approximate surface area is 102 Å². The summed E-state index contributed by atoms with van der Waals surface area (Å²) in [7, 11) is 0. The van der Waals surface area contributed by atoms with Gasteiger partial charge >= 0.3 is 5.69 Å². The number of nitrogens with zero attached hydrogens (tertiary/aromatic N) is 3. The predicted octanol–water partition coefficient (Wildman–Crippen LogP) is 1.28. The molecule has 0 saturated carbocycles. The molecule has 7 heteroatoms. The Balaban J connectivity index is 2.34. The van der Waals surface area contributed by atoms with E-state index in [0.29, 0.717) is 16.0 Å². The fraction of sp³-hybridized carbons (Fsp3) is 0.300. The number of anilines is 1. The van der Waals surface area contributed by atoms with Crippen LogP contribution in [0.1, 0.15) is 19.9 Å². The van der Waals surface area contributed by atoms with Crippen LogP contribution >= 0.6 is 11.8 Å². The summed E-state index contributed by atoms with van der Waals surface area (Å²) >= 11 is 1.31. The standard InChI is InChI=1S/C10H13N5OS/c1-6(2)15-9(16)13-14-10(15)17-8-5-3-4-7(11)12-8/h3-6H,1-2H3,(H2,11,12)(H,13,16). The molecule has 0 spiro atoms. The van der Waals surface area contributed by atoms with Gasteiger partial charge in [-0.15, -0.1) is 5.10 Å². The lowest BCUT2D eigenvalue weighted by Crippen LogP contribution is -2.19. The summed E-state index contributed by atoms with van der Waals surface area (Å²) in [5.74, 6) is 0.448. The van der Waals surface area contributed by atoms with E-state index in [1.54, 1.807) is 10.6 Å². The highest BCUT2D eigenvalue weighted by Crippen LogP contribution is 2.25. The van der Waals surface area contributed by atoms with Gasteiger partial charge in [-0.05, 0) is 37.7 Å². The van der Waals surface area contributed by atoms with Gasteiger partial charge in [0, 0.05) is 6.04 Å². The molecule has 2 aromatic heterocycles. The van der Waals surface area contributed by atoms with Crippen LogP contribution in [0.25, 0.3) is 0 Å². The topological polar surface area (TPSA) is 89.6 Å². The Morgan fingerprint density at radius 2 is 2.24 bits per heavy atom. The van der Waals surface area contributed by atoms with Crippen molar-refractivity contribution in [3.8, 4) is 0 Å². The molecule has 3 N–H and O–H groups in total. The Bertz CT molecular complexity index is 574. The molecule has 0 atom stereocenters. The molecule has 0 aliphatic rings. The lowest BCUT2D eigenvalue weighted by atomic mass is 10.4. The zero-order valence-corrected chi connectivity index (χ0v) is 10.4. The van der Waals surface area contributed by atoms with Crippen molar-refractivity contribution in [2.75, 3.05) is 5.73 Å². The van der Waals surface area contributed by atoms with Crippen LogP contribution in [0.4, 0.5) is 5.82 Å². The molecule has 0 saturated heterocycles. The molecule has 2 rings (SSSR count). The molecule has 2 aromatic rings. The maximum Gasteiger partial charge on any atom is 0.344 e. The van der Waals surface area contributed by atoms with Crippen LogP contribution in [0.2, 0.25) is 0 Å². The molecule has 17 heavy (non-hydrogen) atoms. The second kappa shape index (κ2) is 4.62. The molecule has 0 aromatic carbocycles. The molecule has 0 fully saturated rings. The second-order valence-electron chi connectivity index (χ2n) is 3.78. The number of H-pyrrole nitrogens is 1. The number of nitrogen functional groups attached to an aromatic ring is 1.